The van der Waals surface area contributed by atoms with Gasteiger partial charge in [0.2, 0.25) is 0 Å². The third kappa shape index (κ3) is 3.61. The third-order valence-corrected chi connectivity index (χ3v) is 5.50. The number of benzene rings is 2. The van der Waals surface area contributed by atoms with Crippen LogP contribution in [0, 0.1) is 0 Å². The molecule has 0 fully saturated rings. The monoisotopic (exact) mass is 421 g/mol. The largest absolute Gasteiger partial charge is 0.497 e. The number of carbonyl (C=O) groups excluding carboxylic acids is 3. The molecule has 0 aliphatic carbocycles. The van der Waals surface area contributed by atoms with Gasteiger partial charge in [0.05, 0.1) is 43.1 Å². The smallest absolute Gasteiger partial charge is 0.338 e. The molecule has 160 valence electrons. The molecule has 0 bridgehead atoms. The first-order chi connectivity index (χ1) is 14.9. The van der Waals surface area contributed by atoms with Crippen molar-refractivity contribution >= 4 is 23.6 Å². The molecule has 2 heterocycles. The Morgan fingerprint density at radius 3 is 2.39 bits per heavy atom. The second-order valence-corrected chi connectivity index (χ2v) is 7.23. The summed E-state index contributed by atoms with van der Waals surface area (Å²) in [5.41, 5.74) is 3.04. The average Bonchev–Trinajstić information content (AvgIpc) is 3.14. The molecule has 2 aromatic carbocycles. The van der Waals surface area contributed by atoms with Gasteiger partial charge in [0.25, 0.3) is 5.91 Å². The van der Waals surface area contributed by atoms with Crippen LogP contribution in [-0.4, -0.2) is 50.1 Å². The van der Waals surface area contributed by atoms with Gasteiger partial charge in [-0.2, -0.15) is 0 Å². The molecule has 0 radical (unpaired) electrons. The van der Waals surface area contributed by atoms with Crippen molar-refractivity contribution in [3.8, 4) is 5.75 Å². The molecule has 1 N–H and O–H groups in total. The van der Waals surface area contributed by atoms with E-state index in [1.165, 1.54) is 4.90 Å². The zero-order chi connectivity index (χ0) is 22.1. The quantitative estimate of drug-likeness (QED) is 0.750. The first-order valence-corrected chi connectivity index (χ1v) is 9.94. The Morgan fingerprint density at radius 2 is 1.77 bits per heavy atom. The SMILES string of the molecule is CCOC(=O)c1ccc(N2CC3=C(C2=O)[C@@H](c2ccc(OC)cc2)NC(=O)N3C)cc1. The third-order valence-electron chi connectivity index (χ3n) is 5.50. The van der Waals surface area contributed by atoms with Gasteiger partial charge >= 0.3 is 12.0 Å². The number of rotatable bonds is 5. The molecule has 0 saturated heterocycles. The van der Waals surface area contributed by atoms with Crippen LogP contribution in [0.3, 0.4) is 0 Å². The van der Waals surface area contributed by atoms with E-state index in [9.17, 15) is 14.4 Å². The second kappa shape index (κ2) is 8.14. The highest BCUT2D eigenvalue weighted by molar-refractivity contribution is 6.11. The van der Waals surface area contributed by atoms with Crippen molar-refractivity contribution in [3.63, 3.8) is 0 Å². The van der Waals surface area contributed by atoms with E-state index < -0.39 is 12.0 Å². The van der Waals surface area contributed by atoms with Crippen molar-refractivity contribution in [1.82, 2.24) is 10.2 Å². The predicted molar refractivity (Wildman–Crippen MR) is 114 cm³/mol. The van der Waals surface area contributed by atoms with Gasteiger partial charge in [0.15, 0.2) is 0 Å². The normalized spacial score (nSPS) is 18.1. The van der Waals surface area contributed by atoms with E-state index in [4.69, 9.17) is 9.47 Å². The van der Waals surface area contributed by atoms with Crippen LogP contribution in [-0.2, 0) is 9.53 Å². The highest BCUT2D eigenvalue weighted by atomic mass is 16.5. The zero-order valence-electron chi connectivity index (χ0n) is 17.5. The fourth-order valence-electron chi connectivity index (χ4n) is 3.81. The molecule has 0 aromatic heterocycles. The van der Waals surface area contributed by atoms with Gasteiger partial charge in [0, 0.05) is 12.7 Å². The summed E-state index contributed by atoms with van der Waals surface area (Å²) in [4.78, 5) is 40.9. The molecule has 3 amide bonds. The molecule has 8 heteroatoms. The lowest BCUT2D eigenvalue weighted by Crippen LogP contribution is -2.45. The van der Waals surface area contributed by atoms with Gasteiger partial charge in [-0.3, -0.25) is 9.69 Å². The lowest BCUT2D eigenvalue weighted by molar-refractivity contribution is -0.114. The van der Waals surface area contributed by atoms with E-state index in [1.54, 1.807) is 62.4 Å². The molecule has 31 heavy (non-hydrogen) atoms. The predicted octanol–water partition coefficient (Wildman–Crippen LogP) is 2.87. The molecular weight excluding hydrogens is 398 g/mol. The topological polar surface area (TPSA) is 88.2 Å². The number of ether oxygens (including phenoxy) is 2. The summed E-state index contributed by atoms with van der Waals surface area (Å²) < 4.78 is 10.2. The zero-order valence-corrected chi connectivity index (χ0v) is 17.5. The number of methoxy groups -OCH3 is 1. The average molecular weight is 421 g/mol. The van der Waals surface area contributed by atoms with E-state index in [1.807, 2.05) is 12.1 Å². The van der Waals surface area contributed by atoms with E-state index in [0.717, 1.165) is 5.56 Å². The molecule has 0 saturated carbocycles. The Morgan fingerprint density at radius 1 is 1.10 bits per heavy atom. The number of nitrogens with one attached hydrogen (secondary N) is 1. The number of esters is 1. The van der Waals surface area contributed by atoms with Crippen LogP contribution in [0.25, 0.3) is 0 Å². The Labute approximate surface area is 180 Å². The summed E-state index contributed by atoms with van der Waals surface area (Å²) >= 11 is 0. The summed E-state index contributed by atoms with van der Waals surface area (Å²) in [6.45, 7) is 2.31. The number of carbonyl (C=O) groups is 3. The molecule has 2 aliphatic rings. The fraction of sp³-hybridized carbons (Fsp3) is 0.261. The molecule has 4 rings (SSSR count). The van der Waals surface area contributed by atoms with E-state index in [2.05, 4.69) is 5.32 Å². The number of urea groups is 1. The van der Waals surface area contributed by atoms with Crippen molar-refractivity contribution in [2.45, 2.75) is 13.0 Å². The van der Waals surface area contributed by atoms with E-state index in [-0.39, 0.29) is 18.5 Å². The van der Waals surface area contributed by atoms with Gasteiger partial charge in [-0.1, -0.05) is 12.1 Å². The minimum Gasteiger partial charge on any atom is -0.497 e. The maximum absolute atomic E-state index is 13.4. The van der Waals surface area contributed by atoms with Crippen LogP contribution in [0.4, 0.5) is 10.5 Å². The fourth-order valence-corrected chi connectivity index (χ4v) is 3.81. The molecule has 2 aliphatic heterocycles. The Kier molecular flexibility index (Phi) is 5.37. The lowest BCUT2D eigenvalue weighted by Gasteiger charge is -2.31. The van der Waals surface area contributed by atoms with Gasteiger partial charge in [-0.05, 0) is 48.9 Å². The molecule has 1 atom stereocenters. The van der Waals surface area contributed by atoms with Crippen LogP contribution >= 0.6 is 0 Å². The maximum Gasteiger partial charge on any atom is 0.338 e. The molecule has 0 spiro atoms. The van der Waals surface area contributed by atoms with Gasteiger partial charge < -0.3 is 19.7 Å². The molecule has 0 unspecified atom stereocenters. The second-order valence-electron chi connectivity index (χ2n) is 7.23. The van der Waals surface area contributed by atoms with Crippen molar-refractivity contribution in [1.29, 1.82) is 0 Å². The Bertz CT molecular complexity index is 1060. The number of nitrogens with zero attached hydrogens (tertiary/aromatic N) is 2. The van der Waals surface area contributed by atoms with Crippen molar-refractivity contribution in [2.24, 2.45) is 0 Å². The van der Waals surface area contributed by atoms with Crippen LogP contribution in [0.5, 0.6) is 5.75 Å². The number of hydrogen-bond donors (Lipinski definition) is 1. The van der Waals surface area contributed by atoms with Crippen molar-refractivity contribution in [3.05, 3.63) is 70.9 Å². The molecular formula is C23H23N3O5. The summed E-state index contributed by atoms with van der Waals surface area (Å²) in [5.74, 6) is 0.0955. The highest BCUT2D eigenvalue weighted by Gasteiger charge is 2.43. The van der Waals surface area contributed by atoms with Gasteiger partial charge in [-0.15, -0.1) is 0 Å². The van der Waals surface area contributed by atoms with Gasteiger partial charge in [-0.25, -0.2) is 9.59 Å². The van der Waals surface area contributed by atoms with Crippen LogP contribution in [0.2, 0.25) is 0 Å². The van der Waals surface area contributed by atoms with Crippen molar-refractivity contribution in [2.75, 3.05) is 32.2 Å². The summed E-state index contributed by atoms with van der Waals surface area (Å²) in [6, 6.07) is 13.1. The standard InChI is InChI=1S/C23H23N3O5/c1-4-31-22(28)15-5-9-16(10-6-15)26-13-18-19(21(26)27)20(24-23(29)25(18)2)14-7-11-17(30-3)12-8-14/h5-12,20H,4,13H2,1-3H3,(H,24,29)/t20-/m1/s1. The first-order valence-electron chi connectivity index (χ1n) is 9.94. The molecule has 2 aromatic rings. The number of likely N-dealkylation sites (N-methyl/N-ethyl adjacent to an activating group) is 1. The van der Waals surface area contributed by atoms with Crippen molar-refractivity contribution < 1.29 is 23.9 Å². The maximum atomic E-state index is 13.4. The molecule has 8 nitrogen and oxygen atoms in total. The minimum atomic E-state index is -0.555. The number of anilines is 1. The minimum absolute atomic E-state index is 0.188. The first kappa shape index (κ1) is 20.5. The summed E-state index contributed by atoms with van der Waals surface area (Å²) in [5, 5.41) is 2.91. The van der Waals surface area contributed by atoms with Crippen LogP contribution in [0.15, 0.2) is 59.8 Å². The van der Waals surface area contributed by atoms with Crippen LogP contribution < -0.4 is 15.0 Å². The highest BCUT2D eigenvalue weighted by Crippen LogP contribution is 2.38. The summed E-state index contributed by atoms with van der Waals surface area (Å²) in [7, 11) is 3.23. The number of amides is 3. The van der Waals surface area contributed by atoms with Crippen LogP contribution in [0.1, 0.15) is 28.9 Å². The van der Waals surface area contributed by atoms with Gasteiger partial charge in [0.1, 0.15) is 5.75 Å². The van der Waals surface area contributed by atoms with E-state index in [0.29, 0.717) is 34.9 Å². The lowest BCUT2D eigenvalue weighted by atomic mass is 9.95. The number of hydrogen-bond acceptors (Lipinski definition) is 5. The Balaban J connectivity index is 1.64. The van der Waals surface area contributed by atoms with E-state index >= 15 is 0 Å². The summed E-state index contributed by atoms with van der Waals surface area (Å²) in [6.07, 6.45) is 0. The Hall–Kier alpha value is -3.81.